The summed E-state index contributed by atoms with van der Waals surface area (Å²) in [5.41, 5.74) is 1.81. The number of carbonyl (C=O) groups is 1. The number of carbonyl (C=O) groups excluding carboxylic acids is 1. The summed E-state index contributed by atoms with van der Waals surface area (Å²) < 4.78 is 7.58. The molecule has 0 spiro atoms. The molecule has 1 aliphatic heterocycles. The number of likely N-dealkylation sites (tertiary alicyclic amines) is 1. The first-order chi connectivity index (χ1) is 13.0. The zero-order chi connectivity index (χ0) is 19.4. The lowest BCUT2D eigenvalue weighted by atomic mass is 9.97. The third kappa shape index (κ3) is 4.27. The highest BCUT2D eigenvalue weighted by Gasteiger charge is 2.28. The summed E-state index contributed by atoms with van der Waals surface area (Å²) >= 11 is 0. The Bertz CT molecular complexity index is 805. The van der Waals surface area contributed by atoms with Crippen LogP contribution in [0.5, 0.6) is 5.75 Å². The van der Waals surface area contributed by atoms with Gasteiger partial charge in [-0.3, -0.25) is 9.78 Å². The molecule has 1 saturated heterocycles. The number of ether oxygens (including phenoxy) is 1. The van der Waals surface area contributed by atoms with Gasteiger partial charge in [-0.1, -0.05) is 6.92 Å². The number of nitrogens with zero attached hydrogens (tertiary/aromatic N) is 5. The molecule has 0 saturated carbocycles. The monoisotopic (exact) mass is 373 g/mol. The Morgan fingerprint density at radius 3 is 2.89 bits per heavy atom. The van der Waals surface area contributed by atoms with Crippen LogP contribution >= 0.6 is 0 Å². The summed E-state index contributed by atoms with van der Waals surface area (Å²) in [6.45, 7) is 5.13. The second-order valence-corrected chi connectivity index (χ2v) is 6.91. The fourth-order valence-electron chi connectivity index (χ4n) is 3.50. The minimum atomic E-state index is -0.142. The van der Waals surface area contributed by atoms with Gasteiger partial charge in [0.1, 0.15) is 18.2 Å². The average molecular weight is 373 g/mol. The van der Waals surface area contributed by atoms with Crippen LogP contribution in [0.1, 0.15) is 48.7 Å². The van der Waals surface area contributed by atoms with E-state index >= 15 is 0 Å². The lowest BCUT2D eigenvalue weighted by Gasteiger charge is -2.32. The highest BCUT2D eigenvalue weighted by molar-refractivity contribution is 5.78. The second kappa shape index (κ2) is 8.47. The minimum absolute atomic E-state index is 0.00513. The van der Waals surface area contributed by atoms with E-state index in [2.05, 4.69) is 15.2 Å². The van der Waals surface area contributed by atoms with Gasteiger partial charge in [0.2, 0.25) is 0 Å². The van der Waals surface area contributed by atoms with Crippen molar-refractivity contribution in [3.05, 3.63) is 35.2 Å². The number of aliphatic hydroxyl groups is 1. The summed E-state index contributed by atoms with van der Waals surface area (Å²) in [6, 6.07) is 3.77. The van der Waals surface area contributed by atoms with Gasteiger partial charge < -0.3 is 19.3 Å². The number of aliphatic hydroxyl groups excluding tert-OH is 1. The zero-order valence-electron chi connectivity index (χ0n) is 16.2. The molecule has 3 rings (SSSR count). The van der Waals surface area contributed by atoms with E-state index in [0.29, 0.717) is 18.1 Å². The third-order valence-electron chi connectivity index (χ3n) is 5.04. The first kappa shape index (κ1) is 19.3. The molecule has 2 aromatic rings. The van der Waals surface area contributed by atoms with Crippen LogP contribution in [0, 0.1) is 6.92 Å². The van der Waals surface area contributed by atoms with Gasteiger partial charge in [0, 0.05) is 31.7 Å². The van der Waals surface area contributed by atoms with Crippen molar-refractivity contribution in [3.8, 4) is 5.75 Å². The zero-order valence-corrected chi connectivity index (χ0v) is 16.2. The van der Waals surface area contributed by atoms with Crippen molar-refractivity contribution >= 4 is 5.91 Å². The smallest absolute Gasteiger partial charge is 0.260 e. The number of aromatic nitrogens is 4. The van der Waals surface area contributed by atoms with Crippen LogP contribution in [-0.4, -0.2) is 55.4 Å². The van der Waals surface area contributed by atoms with Gasteiger partial charge in [0.15, 0.2) is 12.4 Å². The van der Waals surface area contributed by atoms with E-state index in [1.54, 1.807) is 0 Å². The standard InChI is InChI=1S/C19H27N5O3/c1-4-15-16(8-7-13(2)20-15)27-12-18(26)24-9-5-6-14(10-24)19-22-21-17(11-25)23(19)3/h7-8,14,25H,4-6,9-12H2,1-3H3/t14-/m0/s1. The van der Waals surface area contributed by atoms with Crippen molar-refractivity contribution < 1.29 is 14.6 Å². The largest absolute Gasteiger partial charge is 0.482 e. The number of amides is 1. The molecule has 27 heavy (non-hydrogen) atoms. The first-order valence-corrected chi connectivity index (χ1v) is 9.39. The average Bonchev–Trinajstić information content (AvgIpc) is 3.07. The molecule has 0 radical (unpaired) electrons. The molecule has 0 aliphatic carbocycles. The Morgan fingerprint density at radius 1 is 1.37 bits per heavy atom. The van der Waals surface area contributed by atoms with Crippen LogP contribution in [0.15, 0.2) is 12.1 Å². The van der Waals surface area contributed by atoms with Crippen molar-refractivity contribution in [1.82, 2.24) is 24.6 Å². The van der Waals surface area contributed by atoms with E-state index in [4.69, 9.17) is 4.74 Å². The van der Waals surface area contributed by atoms with E-state index in [1.165, 1.54) is 0 Å². The summed E-state index contributed by atoms with van der Waals surface area (Å²) in [5.74, 6) is 2.11. The van der Waals surface area contributed by atoms with Crippen LogP contribution in [0.25, 0.3) is 0 Å². The molecule has 0 aromatic carbocycles. The fourth-order valence-corrected chi connectivity index (χ4v) is 3.50. The number of hydrogen-bond donors (Lipinski definition) is 1. The maximum absolute atomic E-state index is 12.7. The van der Waals surface area contributed by atoms with Gasteiger partial charge in [-0.2, -0.15) is 0 Å². The fraction of sp³-hybridized carbons (Fsp3) is 0.579. The van der Waals surface area contributed by atoms with Gasteiger partial charge >= 0.3 is 0 Å². The molecule has 1 aliphatic rings. The van der Waals surface area contributed by atoms with Gasteiger partial charge in [0.05, 0.1) is 5.69 Å². The second-order valence-electron chi connectivity index (χ2n) is 6.91. The van der Waals surface area contributed by atoms with Gasteiger partial charge in [-0.05, 0) is 38.3 Å². The Morgan fingerprint density at radius 2 is 2.19 bits per heavy atom. The molecule has 0 bridgehead atoms. The van der Waals surface area contributed by atoms with E-state index in [0.717, 1.165) is 43.0 Å². The third-order valence-corrected chi connectivity index (χ3v) is 5.04. The summed E-state index contributed by atoms with van der Waals surface area (Å²) in [7, 11) is 1.85. The van der Waals surface area contributed by atoms with Crippen molar-refractivity contribution in [2.75, 3.05) is 19.7 Å². The highest BCUT2D eigenvalue weighted by Crippen LogP contribution is 2.26. The lowest BCUT2D eigenvalue weighted by Crippen LogP contribution is -2.42. The normalized spacial score (nSPS) is 17.2. The number of piperidine rings is 1. The van der Waals surface area contributed by atoms with E-state index in [1.807, 2.05) is 42.5 Å². The van der Waals surface area contributed by atoms with E-state index < -0.39 is 0 Å². The predicted molar refractivity (Wildman–Crippen MR) is 99.3 cm³/mol. The summed E-state index contributed by atoms with van der Waals surface area (Å²) in [4.78, 5) is 19.0. The van der Waals surface area contributed by atoms with E-state index in [9.17, 15) is 9.90 Å². The summed E-state index contributed by atoms with van der Waals surface area (Å²) in [6.07, 6.45) is 2.62. The Balaban J connectivity index is 1.62. The minimum Gasteiger partial charge on any atom is -0.482 e. The topological polar surface area (TPSA) is 93.4 Å². The molecule has 1 atom stereocenters. The predicted octanol–water partition coefficient (Wildman–Crippen LogP) is 1.36. The van der Waals surface area contributed by atoms with Crippen molar-refractivity contribution in [1.29, 1.82) is 0 Å². The van der Waals surface area contributed by atoms with Crippen LogP contribution in [0.2, 0.25) is 0 Å². The molecule has 146 valence electrons. The van der Waals surface area contributed by atoms with Crippen molar-refractivity contribution in [3.63, 3.8) is 0 Å². The molecule has 1 fully saturated rings. The molecular formula is C19H27N5O3. The molecule has 1 N–H and O–H groups in total. The molecule has 1 amide bonds. The molecule has 0 unspecified atom stereocenters. The van der Waals surface area contributed by atoms with Crippen LogP contribution in [0.4, 0.5) is 0 Å². The Hall–Kier alpha value is -2.48. The highest BCUT2D eigenvalue weighted by atomic mass is 16.5. The first-order valence-electron chi connectivity index (χ1n) is 9.39. The molecule has 3 heterocycles. The van der Waals surface area contributed by atoms with Crippen LogP contribution in [0.3, 0.4) is 0 Å². The maximum Gasteiger partial charge on any atom is 0.260 e. The Kier molecular flexibility index (Phi) is 6.05. The van der Waals surface area contributed by atoms with Gasteiger partial charge in [-0.25, -0.2) is 0 Å². The quantitative estimate of drug-likeness (QED) is 0.822. The number of aryl methyl sites for hydroxylation is 2. The van der Waals surface area contributed by atoms with Crippen molar-refractivity contribution in [2.24, 2.45) is 7.05 Å². The molecular weight excluding hydrogens is 346 g/mol. The molecule has 8 heteroatoms. The Labute approximate surface area is 159 Å². The number of hydrogen-bond acceptors (Lipinski definition) is 6. The van der Waals surface area contributed by atoms with Crippen LogP contribution < -0.4 is 4.74 Å². The van der Waals surface area contributed by atoms with Crippen molar-refractivity contribution in [2.45, 2.75) is 45.6 Å². The summed E-state index contributed by atoms with van der Waals surface area (Å²) in [5, 5.41) is 17.5. The lowest BCUT2D eigenvalue weighted by molar-refractivity contribution is -0.134. The van der Waals surface area contributed by atoms with Crippen LogP contribution in [-0.2, 0) is 24.9 Å². The van der Waals surface area contributed by atoms with E-state index in [-0.39, 0.29) is 25.0 Å². The maximum atomic E-state index is 12.7. The SMILES string of the molecule is CCc1nc(C)ccc1OCC(=O)N1CCC[C@H](c2nnc(CO)n2C)C1. The number of rotatable bonds is 6. The van der Waals surface area contributed by atoms with Gasteiger partial charge in [0.25, 0.3) is 5.91 Å². The molecule has 8 nitrogen and oxygen atoms in total. The van der Waals surface area contributed by atoms with Gasteiger partial charge in [-0.15, -0.1) is 10.2 Å². The molecule has 2 aromatic heterocycles. The number of pyridine rings is 1.